The van der Waals surface area contributed by atoms with Crippen molar-refractivity contribution in [3.8, 4) is 0 Å². The Morgan fingerprint density at radius 2 is 1.56 bits per heavy atom. The Hall–Kier alpha value is -1.57. The molecule has 0 amide bonds. The molecule has 0 spiro atoms. The molecule has 3 aromatic carbocycles. The first-order valence-corrected chi connectivity index (χ1v) is 7.02. The summed E-state index contributed by atoms with van der Waals surface area (Å²) in [5.74, 6) is 0. The zero-order valence-corrected chi connectivity index (χ0v) is 11.1. The number of thiophene rings is 1. The Balaban J connectivity index is 2.29. The Bertz CT molecular complexity index is 889. The molecular formula is C16H9ClS. The zero-order chi connectivity index (χ0) is 12.1. The van der Waals surface area contributed by atoms with Gasteiger partial charge in [-0.2, -0.15) is 0 Å². The van der Waals surface area contributed by atoms with Gasteiger partial charge in [-0.3, -0.25) is 0 Å². The maximum Gasteiger partial charge on any atom is 0.0499 e. The van der Waals surface area contributed by atoms with Crippen molar-refractivity contribution >= 4 is 53.9 Å². The highest BCUT2D eigenvalue weighted by Crippen LogP contribution is 2.39. The smallest absolute Gasteiger partial charge is 0.0499 e. The summed E-state index contributed by atoms with van der Waals surface area (Å²) in [7, 11) is 0. The van der Waals surface area contributed by atoms with Crippen LogP contribution >= 0.6 is 22.9 Å². The number of hydrogen-bond donors (Lipinski definition) is 0. The third-order valence-corrected chi connectivity index (χ3v) is 4.75. The van der Waals surface area contributed by atoms with Crippen LogP contribution in [-0.2, 0) is 0 Å². The summed E-state index contributed by atoms with van der Waals surface area (Å²) in [5.41, 5.74) is 0. The van der Waals surface area contributed by atoms with Crippen molar-refractivity contribution in [2.45, 2.75) is 0 Å². The molecule has 0 unspecified atom stereocenters. The first-order valence-electron chi connectivity index (χ1n) is 5.82. The van der Waals surface area contributed by atoms with E-state index in [0.29, 0.717) is 0 Å². The van der Waals surface area contributed by atoms with E-state index in [1.807, 2.05) is 12.1 Å². The van der Waals surface area contributed by atoms with Gasteiger partial charge in [0.2, 0.25) is 0 Å². The van der Waals surface area contributed by atoms with Crippen LogP contribution in [0.25, 0.3) is 30.9 Å². The van der Waals surface area contributed by atoms with Crippen LogP contribution in [0, 0.1) is 0 Å². The summed E-state index contributed by atoms with van der Waals surface area (Å²) in [6.45, 7) is 0. The molecule has 2 heteroatoms. The number of hydrogen-bond acceptors (Lipinski definition) is 1. The summed E-state index contributed by atoms with van der Waals surface area (Å²) < 4.78 is 2.56. The van der Waals surface area contributed by atoms with Crippen LogP contribution in [0.15, 0.2) is 54.6 Å². The predicted molar refractivity (Wildman–Crippen MR) is 81.8 cm³/mol. The lowest BCUT2D eigenvalue weighted by Crippen LogP contribution is -1.72. The molecule has 0 atom stereocenters. The fourth-order valence-electron chi connectivity index (χ4n) is 2.47. The van der Waals surface area contributed by atoms with Crippen LogP contribution in [0.4, 0.5) is 0 Å². The van der Waals surface area contributed by atoms with Crippen molar-refractivity contribution in [3.05, 3.63) is 59.6 Å². The highest BCUT2D eigenvalue weighted by atomic mass is 35.5. The van der Waals surface area contributed by atoms with E-state index in [9.17, 15) is 0 Å². The first-order chi connectivity index (χ1) is 8.83. The minimum Gasteiger partial charge on any atom is -0.135 e. The van der Waals surface area contributed by atoms with Crippen molar-refractivity contribution in [1.29, 1.82) is 0 Å². The maximum absolute atomic E-state index is 6.34. The van der Waals surface area contributed by atoms with E-state index < -0.39 is 0 Å². The van der Waals surface area contributed by atoms with Gasteiger partial charge in [0.25, 0.3) is 0 Å². The number of fused-ring (bicyclic) bond motifs is 4. The Morgan fingerprint density at radius 1 is 0.778 bits per heavy atom. The molecule has 0 aliphatic heterocycles. The molecule has 0 fully saturated rings. The van der Waals surface area contributed by atoms with Gasteiger partial charge in [0, 0.05) is 25.2 Å². The fourth-order valence-corrected chi connectivity index (χ4v) is 3.96. The molecule has 86 valence electrons. The van der Waals surface area contributed by atoms with Gasteiger partial charge in [0.05, 0.1) is 0 Å². The fraction of sp³-hybridized carbons (Fsp3) is 0. The lowest BCUT2D eigenvalue weighted by molar-refractivity contribution is 1.81. The summed E-state index contributed by atoms with van der Waals surface area (Å²) in [6, 6.07) is 19.1. The van der Waals surface area contributed by atoms with E-state index in [1.54, 1.807) is 11.3 Å². The SMILES string of the molecule is Clc1cccc2sc3cc4ccccc4cc3c12. The summed E-state index contributed by atoms with van der Waals surface area (Å²) in [5, 5.41) is 5.84. The number of benzene rings is 3. The second-order valence-electron chi connectivity index (χ2n) is 4.41. The van der Waals surface area contributed by atoms with Crippen LogP contribution < -0.4 is 0 Å². The van der Waals surface area contributed by atoms with Crippen molar-refractivity contribution in [1.82, 2.24) is 0 Å². The molecule has 0 aliphatic carbocycles. The van der Waals surface area contributed by atoms with E-state index in [2.05, 4.69) is 42.5 Å². The molecule has 4 aromatic rings. The van der Waals surface area contributed by atoms with Crippen molar-refractivity contribution in [2.75, 3.05) is 0 Å². The normalized spacial score (nSPS) is 11.6. The lowest BCUT2D eigenvalue weighted by Gasteiger charge is -1.99. The van der Waals surface area contributed by atoms with Crippen LogP contribution in [0.3, 0.4) is 0 Å². The van der Waals surface area contributed by atoms with Gasteiger partial charge in [-0.25, -0.2) is 0 Å². The molecule has 4 rings (SSSR count). The quantitative estimate of drug-likeness (QED) is 0.375. The van der Waals surface area contributed by atoms with E-state index in [1.165, 1.54) is 30.9 Å². The van der Waals surface area contributed by atoms with E-state index in [0.717, 1.165) is 5.02 Å². The van der Waals surface area contributed by atoms with Gasteiger partial charge in [-0.15, -0.1) is 11.3 Å². The van der Waals surface area contributed by atoms with Gasteiger partial charge in [-0.05, 0) is 35.0 Å². The molecule has 0 bridgehead atoms. The van der Waals surface area contributed by atoms with E-state index >= 15 is 0 Å². The molecular weight excluding hydrogens is 260 g/mol. The minimum absolute atomic E-state index is 0.842. The maximum atomic E-state index is 6.34. The Labute approximate surface area is 113 Å². The van der Waals surface area contributed by atoms with Crippen LogP contribution in [-0.4, -0.2) is 0 Å². The molecule has 0 N–H and O–H groups in total. The zero-order valence-electron chi connectivity index (χ0n) is 9.48. The second-order valence-corrected chi connectivity index (χ2v) is 5.90. The topological polar surface area (TPSA) is 0 Å². The third-order valence-electron chi connectivity index (χ3n) is 3.31. The standard InChI is InChI=1S/C16H9ClS/c17-13-6-3-7-14-16(13)12-8-10-4-1-2-5-11(10)9-15(12)18-14/h1-9H. The minimum atomic E-state index is 0.842. The highest BCUT2D eigenvalue weighted by molar-refractivity contribution is 7.26. The average Bonchev–Trinajstić information content (AvgIpc) is 2.74. The largest absolute Gasteiger partial charge is 0.135 e. The van der Waals surface area contributed by atoms with Crippen LogP contribution in [0.1, 0.15) is 0 Å². The van der Waals surface area contributed by atoms with Crippen molar-refractivity contribution in [2.24, 2.45) is 0 Å². The average molecular weight is 269 g/mol. The van der Waals surface area contributed by atoms with Gasteiger partial charge >= 0.3 is 0 Å². The second kappa shape index (κ2) is 3.71. The molecule has 0 saturated heterocycles. The first kappa shape index (κ1) is 10.4. The van der Waals surface area contributed by atoms with Crippen LogP contribution in [0.5, 0.6) is 0 Å². The lowest BCUT2D eigenvalue weighted by atomic mass is 10.1. The van der Waals surface area contributed by atoms with Gasteiger partial charge in [-0.1, -0.05) is 41.9 Å². The van der Waals surface area contributed by atoms with Crippen molar-refractivity contribution in [3.63, 3.8) is 0 Å². The molecule has 0 radical (unpaired) electrons. The summed E-state index contributed by atoms with van der Waals surface area (Å²) in [6.07, 6.45) is 0. The van der Waals surface area contributed by atoms with E-state index in [-0.39, 0.29) is 0 Å². The molecule has 0 nitrogen and oxygen atoms in total. The van der Waals surface area contributed by atoms with Gasteiger partial charge in [0.15, 0.2) is 0 Å². The predicted octanol–water partition coefficient (Wildman–Crippen LogP) is 5.86. The molecule has 1 heterocycles. The Kier molecular flexibility index (Phi) is 2.14. The number of halogens is 1. The summed E-state index contributed by atoms with van der Waals surface area (Å²) in [4.78, 5) is 0. The van der Waals surface area contributed by atoms with Gasteiger partial charge in [0.1, 0.15) is 0 Å². The Morgan fingerprint density at radius 3 is 2.39 bits per heavy atom. The van der Waals surface area contributed by atoms with E-state index in [4.69, 9.17) is 11.6 Å². The van der Waals surface area contributed by atoms with Crippen LogP contribution in [0.2, 0.25) is 5.02 Å². The molecule has 0 saturated carbocycles. The van der Waals surface area contributed by atoms with Gasteiger partial charge < -0.3 is 0 Å². The molecule has 1 aromatic heterocycles. The monoisotopic (exact) mass is 268 g/mol. The highest BCUT2D eigenvalue weighted by Gasteiger charge is 2.08. The summed E-state index contributed by atoms with van der Waals surface area (Å²) >= 11 is 8.14. The third kappa shape index (κ3) is 1.38. The molecule has 18 heavy (non-hydrogen) atoms. The molecule has 0 aliphatic rings. The van der Waals surface area contributed by atoms with Crippen molar-refractivity contribution < 1.29 is 0 Å². The number of rotatable bonds is 0.